The normalized spacial score (nSPS) is 12.0. The molecule has 0 spiro atoms. The summed E-state index contributed by atoms with van der Waals surface area (Å²) in [5.74, 6) is -2.70. The Morgan fingerprint density at radius 1 is 0.639 bits per heavy atom. The molecule has 2 N–H and O–H groups in total. The van der Waals surface area contributed by atoms with Gasteiger partial charge in [0.2, 0.25) is 0 Å². The average molecular weight is 594 g/mol. The van der Waals surface area contributed by atoms with Gasteiger partial charge in [0, 0.05) is 6.42 Å². The fourth-order valence-electron chi connectivity index (χ4n) is 4.43. The Morgan fingerprint density at radius 3 is 1.56 bits per heavy atom. The SMILES string of the molecule is CCCCCCCC/C=C\CCCCCCCC(=O)OCCCCCCCCCCCCP(O)(O)=[Se]. The Bertz CT molecular complexity index is 547. The standard InChI is InChI=1S/C30H59O4PSe/c1-2-3-4-5-6-7-8-9-10-11-12-15-18-21-24-27-30(31)34-28-25-22-19-16-13-14-17-20-23-26-29-35(32,33)36/h9-10H,2-8,11-29H2,1H3,(H2,32,33,36)/b10-9-. The molecule has 0 radical (unpaired) electrons. The summed E-state index contributed by atoms with van der Waals surface area (Å²) in [5, 5.41) is 0. The van der Waals surface area contributed by atoms with Crippen LogP contribution in [0.25, 0.3) is 0 Å². The van der Waals surface area contributed by atoms with Crippen molar-refractivity contribution in [2.75, 3.05) is 12.8 Å². The summed E-state index contributed by atoms with van der Waals surface area (Å²) < 4.78 is 5.38. The van der Waals surface area contributed by atoms with E-state index in [0.717, 1.165) is 38.5 Å². The van der Waals surface area contributed by atoms with E-state index in [9.17, 15) is 14.6 Å². The molecule has 6 heteroatoms. The first-order chi connectivity index (χ1) is 17.5. The summed E-state index contributed by atoms with van der Waals surface area (Å²) in [6, 6.07) is 0. The van der Waals surface area contributed by atoms with Crippen molar-refractivity contribution in [2.24, 2.45) is 0 Å². The van der Waals surface area contributed by atoms with Gasteiger partial charge in [-0.05, 0) is 32.1 Å². The molecule has 0 saturated heterocycles. The molecule has 4 nitrogen and oxygen atoms in total. The third-order valence-corrected chi connectivity index (χ3v) is 8.80. The van der Waals surface area contributed by atoms with Crippen molar-refractivity contribution in [1.29, 1.82) is 0 Å². The fourth-order valence-corrected chi connectivity index (χ4v) is 5.88. The quantitative estimate of drug-likeness (QED) is 0.0312. The zero-order valence-corrected chi connectivity index (χ0v) is 26.2. The average Bonchev–Trinajstić information content (AvgIpc) is 2.83. The maximum atomic E-state index is 11.9. The second-order valence-electron chi connectivity index (χ2n) is 10.5. The van der Waals surface area contributed by atoms with Crippen LogP contribution in [0.2, 0.25) is 0 Å². The number of rotatable bonds is 28. The van der Waals surface area contributed by atoms with E-state index in [-0.39, 0.29) is 5.97 Å². The zero-order valence-electron chi connectivity index (χ0n) is 23.6. The number of unbranched alkanes of at least 4 members (excludes halogenated alkanes) is 20. The third-order valence-electron chi connectivity index (χ3n) is 6.75. The molecule has 214 valence electrons. The predicted molar refractivity (Wildman–Crippen MR) is 159 cm³/mol. The maximum absolute atomic E-state index is 11.9. The minimum atomic E-state index is -2.68. The van der Waals surface area contributed by atoms with Crippen LogP contribution in [0.15, 0.2) is 12.2 Å². The summed E-state index contributed by atoms with van der Waals surface area (Å²) in [7, 11) is 0. The summed E-state index contributed by atoms with van der Waals surface area (Å²) in [6.07, 6.45) is 34.0. The van der Waals surface area contributed by atoms with Crippen molar-refractivity contribution in [2.45, 2.75) is 161 Å². The van der Waals surface area contributed by atoms with Crippen LogP contribution in [0.3, 0.4) is 0 Å². The second-order valence-corrected chi connectivity index (χ2v) is 15.9. The molecule has 0 amide bonds. The molecule has 0 bridgehead atoms. The van der Waals surface area contributed by atoms with Crippen LogP contribution in [0.4, 0.5) is 0 Å². The van der Waals surface area contributed by atoms with Crippen LogP contribution in [0.1, 0.15) is 161 Å². The van der Waals surface area contributed by atoms with Crippen molar-refractivity contribution in [1.82, 2.24) is 0 Å². The minimum absolute atomic E-state index is 0.0182. The summed E-state index contributed by atoms with van der Waals surface area (Å²) >= 11 is 2.48. The molecule has 0 rings (SSSR count). The van der Waals surface area contributed by atoms with Gasteiger partial charge in [0.15, 0.2) is 0 Å². The van der Waals surface area contributed by atoms with Crippen molar-refractivity contribution >= 4 is 27.0 Å². The van der Waals surface area contributed by atoms with Gasteiger partial charge < -0.3 is 4.74 Å². The van der Waals surface area contributed by atoms with Gasteiger partial charge in [-0.3, -0.25) is 4.79 Å². The number of carbonyl (C=O) groups excluding carboxylic acids is 1. The van der Waals surface area contributed by atoms with Gasteiger partial charge >= 0.3 is 107 Å². The van der Waals surface area contributed by atoms with Crippen LogP contribution >= 0.6 is 5.96 Å². The molecule has 0 aromatic carbocycles. The zero-order chi connectivity index (χ0) is 26.6. The Kier molecular flexibility index (Phi) is 28.2. The van der Waals surface area contributed by atoms with Gasteiger partial charge in [-0.15, -0.1) is 0 Å². The summed E-state index contributed by atoms with van der Waals surface area (Å²) in [5.41, 5.74) is 0. The number of hydrogen-bond donors (Lipinski definition) is 2. The van der Waals surface area contributed by atoms with E-state index < -0.39 is 5.96 Å². The van der Waals surface area contributed by atoms with E-state index in [1.165, 1.54) is 109 Å². The molecule has 0 unspecified atom stereocenters. The molecular weight excluding hydrogens is 534 g/mol. The van der Waals surface area contributed by atoms with Crippen molar-refractivity contribution in [3.8, 4) is 0 Å². The molecule has 0 aliphatic carbocycles. The first-order valence-corrected chi connectivity index (χ1v) is 19.4. The Hall–Kier alpha value is 0.0795. The van der Waals surface area contributed by atoms with Gasteiger partial charge in [-0.2, -0.15) is 0 Å². The summed E-state index contributed by atoms with van der Waals surface area (Å²) in [4.78, 5) is 30.5. The molecule has 0 saturated carbocycles. The van der Waals surface area contributed by atoms with Gasteiger partial charge in [0.05, 0.1) is 6.61 Å². The number of hydrogen-bond acceptors (Lipinski definition) is 4. The monoisotopic (exact) mass is 594 g/mol. The van der Waals surface area contributed by atoms with E-state index in [1.807, 2.05) is 0 Å². The molecule has 36 heavy (non-hydrogen) atoms. The molecule has 0 aromatic heterocycles. The number of allylic oxidation sites excluding steroid dienone is 2. The summed E-state index contributed by atoms with van der Waals surface area (Å²) in [6.45, 7) is 2.85. The molecule has 0 aliphatic rings. The third kappa shape index (κ3) is 32.1. The molecule has 0 heterocycles. The van der Waals surface area contributed by atoms with Crippen LogP contribution in [-0.2, 0) is 9.53 Å². The van der Waals surface area contributed by atoms with Gasteiger partial charge in [0.1, 0.15) is 0 Å². The fraction of sp³-hybridized carbons (Fsp3) is 0.900. The molecular formula is C30H59O4PSe. The Labute approximate surface area is 231 Å². The topological polar surface area (TPSA) is 66.8 Å². The van der Waals surface area contributed by atoms with E-state index in [4.69, 9.17) is 4.74 Å². The van der Waals surface area contributed by atoms with E-state index >= 15 is 0 Å². The van der Waals surface area contributed by atoms with Crippen molar-refractivity contribution < 1.29 is 19.3 Å². The first-order valence-electron chi connectivity index (χ1n) is 15.3. The number of ether oxygens (including phenoxy) is 1. The van der Waals surface area contributed by atoms with Crippen LogP contribution in [0.5, 0.6) is 0 Å². The molecule has 0 fully saturated rings. The van der Waals surface area contributed by atoms with Crippen LogP contribution in [0, 0.1) is 0 Å². The van der Waals surface area contributed by atoms with Crippen molar-refractivity contribution in [3.63, 3.8) is 0 Å². The van der Waals surface area contributed by atoms with Crippen LogP contribution < -0.4 is 0 Å². The van der Waals surface area contributed by atoms with Crippen LogP contribution in [-0.4, -0.2) is 43.6 Å². The Morgan fingerprint density at radius 2 is 1.06 bits per heavy atom. The second kappa shape index (κ2) is 28.1. The van der Waals surface area contributed by atoms with E-state index in [0.29, 0.717) is 19.2 Å². The number of carbonyl (C=O) groups is 1. The van der Waals surface area contributed by atoms with Gasteiger partial charge in [0.25, 0.3) is 0 Å². The molecule has 0 aromatic rings. The molecule has 0 atom stereocenters. The van der Waals surface area contributed by atoms with Crippen molar-refractivity contribution in [3.05, 3.63) is 12.2 Å². The van der Waals surface area contributed by atoms with E-state index in [2.05, 4.69) is 34.2 Å². The first kappa shape index (κ1) is 36.1. The predicted octanol–water partition coefficient (Wildman–Crippen LogP) is 9.38. The van der Waals surface area contributed by atoms with Gasteiger partial charge in [-0.25, -0.2) is 0 Å². The Balaban J connectivity index is 3.23. The molecule has 0 aliphatic heterocycles. The number of esters is 1. The van der Waals surface area contributed by atoms with E-state index in [1.54, 1.807) is 0 Å². The van der Waals surface area contributed by atoms with Gasteiger partial charge in [-0.1, -0.05) is 70.4 Å².